The summed E-state index contributed by atoms with van der Waals surface area (Å²) in [6.45, 7) is 10.1. The molecule has 4 rings (SSSR count). The first-order valence-electron chi connectivity index (χ1n) is 11.7. The zero-order chi connectivity index (χ0) is 23.4. The first kappa shape index (κ1) is 23.0. The number of carbonyl (C=O) groups is 1. The number of anilines is 1. The Balaban J connectivity index is 1.41. The first-order valence-corrected chi connectivity index (χ1v) is 11.7. The summed E-state index contributed by atoms with van der Waals surface area (Å²) < 4.78 is 8.04. The number of nitrogens with zero attached hydrogens (tertiary/aromatic N) is 3. The number of carbonyl (C=O) groups excluding carboxylic acids is 1. The van der Waals surface area contributed by atoms with Gasteiger partial charge in [-0.2, -0.15) is 0 Å². The standard InChI is InChI=1S/C26H33N5O2/c1-17(2)25-28-13-14-31(25)19(4)26(32)30-21-5-7-22(8-6-21)33-23-15-18(3)29-24(16-23)20-9-11-27-12-10-20/h5-8,13-17,19-20,27H,9-12H2,1-4H3,(H,30,32)/t19-/m0/s1. The lowest BCUT2D eigenvalue weighted by Gasteiger charge is -2.22. The second kappa shape index (κ2) is 10.2. The molecule has 1 aliphatic heterocycles. The maximum Gasteiger partial charge on any atom is 0.247 e. The molecule has 2 N–H and O–H groups in total. The van der Waals surface area contributed by atoms with Crippen LogP contribution in [0.5, 0.6) is 11.5 Å². The van der Waals surface area contributed by atoms with E-state index in [1.807, 2.05) is 54.9 Å². The van der Waals surface area contributed by atoms with E-state index in [2.05, 4.69) is 35.5 Å². The van der Waals surface area contributed by atoms with Crippen LogP contribution in [0.2, 0.25) is 0 Å². The lowest BCUT2D eigenvalue weighted by molar-refractivity contribution is -0.118. The molecule has 0 spiro atoms. The minimum atomic E-state index is -0.353. The van der Waals surface area contributed by atoms with Gasteiger partial charge in [-0.05, 0) is 64.0 Å². The fourth-order valence-corrected chi connectivity index (χ4v) is 4.26. The summed E-state index contributed by atoms with van der Waals surface area (Å²) in [5.41, 5.74) is 2.79. The number of benzene rings is 1. The Morgan fingerprint density at radius 2 is 1.85 bits per heavy atom. The number of amides is 1. The Morgan fingerprint density at radius 1 is 1.12 bits per heavy atom. The fourth-order valence-electron chi connectivity index (χ4n) is 4.26. The third-order valence-electron chi connectivity index (χ3n) is 6.07. The van der Waals surface area contributed by atoms with Gasteiger partial charge < -0.3 is 19.9 Å². The van der Waals surface area contributed by atoms with Gasteiger partial charge in [0.1, 0.15) is 23.4 Å². The van der Waals surface area contributed by atoms with Crippen LogP contribution in [0.1, 0.15) is 68.7 Å². The molecule has 1 aromatic carbocycles. The number of nitrogens with one attached hydrogen (secondary N) is 2. The highest BCUT2D eigenvalue weighted by Gasteiger charge is 2.20. The number of piperidine rings is 1. The van der Waals surface area contributed by atoms with Crippen molar-refractivity contribution in [3.8, 4) is 11.5 Å². The molecule has 0 aliphatic carbocycles. The van der Waals surface area contributed by atoms with Crippen LogP contribution in [0.4, 0.5) is 5.69 Å². The number of hydrogen-bond donors (Lipinski definition) is 2. The Labute approximate surface area is 195 Å². The molecular formula is C26H33N5O2. The topological polar surface area (TPSA) is 81.1 Å². The normalized spacial score (nSPS) is 15.4. The molecule has 1 fully saturated rings. The number of ether oxygens (including phenoxy) is 1. The highest BCUT2D eigenvalue weighted by Crippen LogP contribution is 2.30. The van der Waals surface area contributed by atoms with E-state index in [0.717, 1.165) is 60.3 Å². The van der Waals surface area contributed by atoms with Crippen molar-refractivity contribution in [3.05, 3.63) is 66.0 Å². The summed E-state index contributed by atoms with van der Waals surface area (Å²) in [7, 11) is 0. The van der Waals surface area contributed by atoms with Gasteiger partial charge in [-0.15, -0.1) is 0 Å². The van der Waals surface area contributed by atoms with E-state index in [1.165, 1.54) is 0 Å². The Hall–Kier alpha value is -3.19. The van der Waals surface area contributed by atoms with Gasteiger partial charge in [-0.1, -0.05) is 13.8 Å². The third kappa shape index (κ3) is 5.60. The van der Waals surface area contributed by atoms with Gasteiger partial charge in [-0.25, -0.2) is 4.98 Å². The average Bonchev–Trinajstić information content (AvgIpc) is 3.30. The van der Waals surface area contributed by atoms with Crippen LogP contribution in [0.15, 0.2) is 48.8 Å². The van der Waals surface area contributed by atoms with Crippen LogP contribution in [0, 0.1) is 6.92 Å². The van der Waals surface area contributed by atoms with Crippen LogP contribution in [-0.2, 0) is 4.79 Å². The van der Waals surface area contributed by atoms with E-state index >= 15 is 0 Å². The number of rotatable bonds is 7. The van der Waals surface area contributed by atoms with E-state index < -0.39 is 0 Å². The van der Waals surface area contributed by atoms with Gasteiger partial charge >= 0.3 is 0 Å². The molecule has 174 valence electrons. The van der Waals surface area contributed by atoms with Crippen molar-refractivity contribution in [1.29, 1.82) is 0 Å². The molecule has 0 saturated carbocycles. The molecule has 33 heavy (non-hydrogen) atoms. The molecule has 0 bridgehead atoms. The maximum absolute atomic E-state index is 12.8. The lowest BCUT2D eigenvalue weighted by Crippen LogP contribution is -2.27. The predicted molar refractivity (Wildman–Crippen MR) is 130 cm³/mol. The summed E-state index contributed by atoms with van der Waals surface area (Å²) >= 11 is 0. The molecule has 7 heteroatoms. The van der Waals surface area contributed by atoms with Gasteiger partial charge in [-0.3, -0.25) is 9.78 Å². The molecular weight excluding hydrogens is 414 g/mol. The number of aromatic nitrogens is 3. The van der Waals surface area contributed by atoms with E-state index in [-0.39, 0.29) is 17.9 Å². The molecule has 2 aromatic heterocycles. The highest BCUT2D eigenvalue weighted by atomic mass is 16.5. The molecule has 1 aliphatic rings. The van der Waals surface area contributed by atoms with Crippen molar-refractivity contribution >= 4 is 11.6 Å². The lowest BCUT2D eigenvalue weighted by atomic mass is 9.94. The largest absolute Gasteiger partial charge is 0.457 e. The van der Waals surface area contributed by atoms with Crippen LogP contribution < -0.4 is 15.4 Å². The molecule has 0 radical (unpaired) electrons. The van der Waals surface area contributed by atoms with Gasteiger partial charge in [0.15, 0.2) is 0 Å². The quantitative estimate of drug-likeness (QED) is 0.522. The predicted octanol–water partition coefficient (Wildman–Crippen LogP) is 5.17. The van der Waals surface area contributed by atoms with Crippen LogP contribution in [0.3, 0.4) is 0 Å². The van der Waals surface area contributed by atoms with E-state index in [1.54, 1.807) is 6.20 Å². The van der Waals surface area contributed by atoms with Crippen molar-refractivity contribution in [3.63, 3.8) is 0 Å². The van der Waals surface area contributed by atoms with Crippen LogP contribution in [-0.4, -0.2) is 33.5 Å². The maximum atomic E-state index is 12.8. The Bertz CT molecular complexity index is 1080. The zero-order valence-corrected chi connectivity index (χ0v) is 19.8. The number of hydrogen-bond acceptors (Lipinski definition) is 5. The Kier molecular flexibility index (Phi) is 7.08. The smallest absolute Gasteiger partial charge is 0.247 e. The SMILES string of the molecule is Cc1cc(Oc2ccc(NC(=O)[C@H](C)n3ccnc3C(C)C)cc2)cc(C2CCNCC2)n1. The summed E-state index contributed by atoms with van der Waals surface area (Å²) in [5.74, 6) is 3.05. The second-order valence-electron chi connectivity index (χ2n) is 9.03. The summed E-state index contributed by atoms with van der Waals surface area (Å²) in [6, 6.07) is 11.1. The molecule has 0 unspecified atom stereocenters. The monoisotopic (exact) mass is 447 g/mol. The first-order chi connectivity index (χ1) is 15.9. The fraction of sp³-hybridized carbons (Fsp3) is 0.423. The molecule has 3 heterocycles. The number of aryl methyl sites for hydroxylation is 1. The molecule has 7 nitrogen and oxygen atoms in total. The average molecular weight is 448 g/mol. The second-order valence-corrected chi connectivity index (χ2v) is 9.03. The van der Waals surface area contributed by atoms with Gasteiger partial charge in [0, 0.05) is 53.4 Å². The van der Waals surface area contributed by atoms with Crippen molar-refractivity contribution in [2.45, 2.75) is 58.4 Å². The minimum absolute atomic E-state index is 0.0834. The summed E-state index contributed by atoms with van der Waals surface area (Å²) in [6.07, 6.45) is 5.79. The summed E-state index contributed by atoms with van der Waals surface area (Å²) in [4.78, 5) is 21.9. The Morgan fingerprint density at radius 3 is 2.55 bits per heavy atom. The van der Waals surface area contributed by atoms with Crippen molar-refractivity contribution in [1.82, 2.24) is 19.9 Å². The molecule has 3 aromatic rings. The third-order valence-corrected chi connectivity index (χ3v) is 6.07. The van der Waals surface area contributed by atoms with Crippen molar-refractivity contribution in [2.75, 3.05) is 18.4 Å². The van der Waals surface area contributed by atoms with Crippen LogP contribution in [0.25, 0.3) is 0 Å². The van der Waals surface area contributed by atoms with E-state index in [9.17, 15) is 4.79 Å². The summed E-state index contributed by atoms with van der Waals surface area (Å²) in [5, 5.41) is 6.39. The number of imidazole rings is 1. The van der Waals surface area contributed by atoms with Gasteiger partial charge in [0.2, 0.25) is 5.91 Å². The van der Waals surface area contributed by atoms with E-state index in [0.29, 0.717) is 5.92 Å². The number of pyridine rings is 1. The van der Waals surface area contributed by atoms with Crippen LogP contribution >= 0.6 is 0 Å². The van der Waals surface area contributed by atoms with Crippen molar-refractivity contribution in [2.24, 2.45) is 0 Å². The van der Waals surface area contributed by atoms with Gasteiger partial charge in [0.25, 0.3) is 0 Å². The highest BCUT2D eigenvalue weighted by molar-refractivity contribution is 5.93. The molecule has 1 amide bonds. The molecule has 1 atom stereocenters. The minimum Gasteiger partial charge on any atom is -0.457 e. The zero-order valence-electron chi connectivity index (χ0n) is 19.8. The van der Waals surface area contributed by atoms with Crippen molar-refractivity contribution < 1.29 is 9.53 Å². The van der Waals surface area contributed by atoms with Gasteiger partial charge in [0.05, 0.1) is 0 Å². The molecule has 1 saturated heterocycles. The van der Waals surface area contributed by atoms with E-state index in [4.69, 9.17) is 9.72 Å².